The first-order valence-electron chi connectivity index (χ1n) is 9.14. The minimum atomic E-state index is 0.557. The second kappa shape index (κ2) is 7.53. The molecule has 3 aromatic rings. The van der Waals surface area contributed by atoms with Crippen LogP contribution in [0.1, 0.15) is 19.8 Å². The summed E-state index contributed by atoms with van der Waals surface area (Å²) in [5, 5.41) is 4.91. The van der Waals surface area contributed by atoms with E-state index < -0.39 is 0 Å². The number of ether oxygens (including phenoxy) is 2. The molecule has 1 heterocycles. The molecule has 0 atom stereocenters. The normalized spacial score (nSPS) is 13.6. The van der Waals surface area contributed by atoms with Crippen molar-refractivity contribution in [3.8, 4) is 11.5 Å². The quantitative estimate of drug-likeness (QED) is 0.534. The number of nitrogens with zero attached hydrogens (tertiary/aromatic N) is 1. The first-order chi connectivity index (χ1) is 13.1. The van der Waals surface area contributed by atoms with E-state index >= 15 is 0 Å². The minimum absolute atomic E-state index is 0.557. The number of hydrogen-bond donors (Lipinski definition) is 2. The van der Waals surface area contributed by atoms with E-state index in [0.29, 0.717) is 29.0 Å². The van der Waals surface area contributed by atoms with E-state index in [1.54, 1.807) is 6.20 Å². The number of nitrogens with one attached hydrogen (secondary N) is 1. The van der Waals surface area contributed by atoms with E-state index in [1.165, 1.54) is 12.8 Å². The first kappa shape index (κ1) is 17.7. The van der Waals surface area contributed by atoms with Gasteiger partial charge in [0.05, 0.1) is 29.4 Å². The second-order valence-corrected chi connectivity index (χ2v) is 7.13. The van der Waals surface area contributed by atoms with Gasteiger partial charge in [-0.05, 0) is 56.0 Å². The highest BCUT2D eigenvalue weighted by atomic mass is 35.5. The Morgan fingerprint density at radius 3 is 2.74 bits per heavy atom. The van der Waals surface area contributed by atoms with E-state index in [1.807, 2.05) is 43.3 Å². The number of pyridine rings is 1. The first-order valence-corrected chi connectivity index (χ1v) is 9.52. The lowest BCUT2D eigenvalue weighted by Crippen LogP contribution is -2.00. The van der Waals surface area contributed by atoms with Crippen LogP contribution in [0.3, 0.4) is 0 Å². The summed E-state index contributed by atoms with van der Waals surface area (Å²) in [6.07, 6.45) is 4.26. The van der Waals surface area contributed by atoms with E-state index in [2.05, 4.69) is 10.3 Å². The van der Waals surface area contributed by atoms with Crippen LogP contribution in [0.2, 0.25) is 5.02 Å². The highest BCUT2D eigenvalue weighted by Crippen LogP contribution is 2.35. The molecule has 1 aromatic heterocycles. The van der Waals surface area contributed by atoms with E-state index in [-0.39, 0.29) is 0 Å². The number of anilines is 3. The monoisotopic (exact) mass is 383 g/mol. The predicted molar refractivity (Wildman–Crippen MR) is 110 cm³/mol. The van der Waals surface area contributed by atoms with Crippen LogP contribution < -0.4 is 20.5 Å². The summed E-state index contributed by atoms with van der Waals surface area (Å²) >= 11 is 6.38. The van der Waals surface area contributed by atoms with Crippen LogP contribution in [0.25, 0.3) is 10.9 Å². The molecule has 140 valence electrons. The Hall–Kier alpha value is -2.66. The van der Waals surface area contributed by atoms with Gasteiger partial charge in [-0.25, -0.2) is 0 Å². The molecule has 0 saturated heterocycles. The van der Waals surface area contributed by atoms with E-state index in [4.69, 9.17) is 26.8 Å². The van der Waals surface area contributed by atoms with Crippen LogP contribution in [0, 0.1) is 5.92 Å². The van der Waals surface area contributed by atoms with Gasteiger partial charge in [0.2, 0.25) is 0 Å². The van der Waals surface area contributed by atoms with Crippen molar-refractivity contribution in [1.29, 1.82) is 0 Å². The number of hydrogen-bond acceptors (Lipinski definition) is 5. The van der Waals surface area contributed by atoms with Crippen LogP contribution in [-0.2, 0) is 0 Å². The summed E-state index contributed by atoms with van der Waals surface area (Å²) < 4.78 is 11.3. The molecule has 0 bridgehead atoms. The van der Waals surface area contributed by atoms with Crippen LogP contribution in [0.4, 0.5) is 17.1 Å². The van der Waals surface area contributed by atoms with Crippen molar-refractivity contribution in [1.82, 2.24) is 4.98 Å². The van der Waals surface area contributed by atoms with Crippen molar-refractivity contribution in [2.75, 3.05) is 24.3 Å². The third-order valence-corrected chi connectivity index (χ3v) is 4.85. The van der Waals surface area contributed by atoms with Gasteiger partial charge in [-0.1, -0.05) is 11.6 Å². The Bertz CT molecular complexity index is 973. The van der Waals surface area contributed by atoms with Crippen molar-refractivity contribution in [2.24, 2.45) is 5.92 Å². The molecule has 5 nitrogen and oxygen atoms in total. The molecule has 1 fully saturated rings. The Labute approximate surface area is 163 Å². The molecule has 3 N–H and O–H groups in total. The van der Waals surface area contributed by atoms with Gasteiger partial charge < -0.3 is 20.5 Å². The van der Waals surface area contributed by atoms with Gasteiger partial charge in [-0.3, -0.25) is 4.98 Å². The molecule has 1 saturated carbocycles. The number of halogens is 1. The molecule has 0 aliphatic heterocycles. The SMILES string of the molecule is CCOc1cc2nccc(Nc3ccc(OCC4CC4)c(Cl)c3)c2cc1N. The highest BCUT2D eigenvalue weighted by Gasteiger charge is 2.22. The fourth-order valence-electron chi connectivity index (χ4n) is 2.92. The van der Waals surface area contributed by atoms with Gasteiger partial charge >= 0.3 is 0 Å². The van der Waals surface area contributed by atoms with Crippen LogP contribution in [0.5, 0.6) is 11.5 Å². The van der Waals surface area contributed by atoms with Crippen molar-refractivity contribution in [2.45, 2.75) is 19.8 Å². The molecule has 2 aromatic carbocycles. The largest absolute Gasteiger partial charge is 0.492 e. The van der Waals surface area contributed by atoms with Crippen molar-refractivity contribution < 1.29 is 9.47 Å². The summed E-state index contributed by atoms with van der Waals surface area (Å²) in [6.45, 7) is 3.22. The standard InChI is InChI=1S/C21H22ClN3O2/c1-2-26-21-11-19-15(10-17(21)23)18(7-8-24-19)25-14-5-6-20(16(22)9-14)27-12-13-3-4-13/h5-11,13H,2-4,12,23H2,1H3,(H,24,25). The third kappa shape index (κ3) is 4.03. The fraction of sp³-hybridized carbons (Fsp3) is 0.286. The van der Waals surface area contributed by atoms with Gasteiger partial charge in [-0.15, -0.1) is 0 Å². The number of rotatable bonds is 7. The van der Waals surface area contributed by atoms with E-state index in [0.717, 1.165) is 34.6 Å². The molecule has 6 heteroatoms. The van der Waals surface area contributed by atoms with Crippen molar-refractivity contribution in [3.05, 3.63) is 47.6 Å². The number of fused-ring (bicyclic) bond motifs is 1. The number of nitrogens with two attached hydrogens (primary N) is 1. The van der Waals surface area contributed by atoms with Gasteiger partial charge in [0.15, 0.2) is 0 Å². The summed E-state index contributed by atoms with van der Waals surface area (Å²) in [4.78, 5) is 4.42. The van der Waals surface area contributed by atoms with Crippen molar-refractivity contribution in [3.63, 3.8) is 0 Å². The lowest BCUT2D eigenvalue weighted by molar-refractivity contribution is 0.300. The summed E-state index contributed by atoms with van der Waals surface area (Å²) in [7, 11) is 0. The van der Waals surface area contributed by atoms with Gasteiger partial charge in [0.1, 0.15) is 11.5 Å². The maximum atomic E-state index is 6.38. The minimum Gasteiger partial charge on any atom is -0.492 e. The molecule has 27 heavy (non-hydrogen) atoms. The zero-order valence-electron chi connectivity index (χ0n) is 15.2. The molecule has 0 amide bonds. The molecule has 0 spiro atoms. The van der Waals surface area contributed by atoms with Crippen molar-refractivity contribution >= 4 is 39.6 Å². The lowest BCUT2D eigenvalue weighted by Gasteiger charge is -2.14. The average molecular weight is 384 g/mol. The topological polar surface area (TPSA) is 69.4 Å². The smallest absolute Gasteiger partial charge is 0.144 e. The molecule has 4 rings (SSSR count). The number of benzene rings is 2. The predicted octanol–water partition coefficient (Wildman–Crippen LogP) is 5.40. The zero-order valence-corrected chi connectivity index (χ0v) is 15.9. The molecule has 0 unspecified atom stereocenters. The molecule has 1 aliphatic rings. The van der Waals surface area contributed by atoms with Gasteiger partial charge in [0.25, 0.3) is 0 Å². The molecular weight excluding hydrogens is 362 g/mol. The molecule has 1 aliphatic carbocycles. The highest BCUT2D eigenvalue weighted by molar-refractivity contribution is 6.32. The van der Waals surface area contributed by atoms with Gasteiger partial charge in [-0.2, -0.15) is 0 Å². The second-order valence-electron chi connectivity index (χ2n) is 6.72. The summed E-state index contributed by atoms with van der Waals surface area (Å²) in [6, 6.07) is 11.4. The Morgan fingerprint density at radius 2 is 2.00 bits per heavy atom. The zero-order chi connectivity index (χ0) is 18.8. The molecule has 0 radical (unpaired) electrons. The lowest BCUT2D eigenvalue weighted by atomic mass is 10.1. The van der Waals surface area contributed by atoms with Crippen LogP contribution >= 0.6 is 11.6 Å². The number of nitrogen functional groups attached to an aromatic ring is 1. The van der Waals surface area contributed by atoms with Crippen LogP contribution in [0.15, 0.2) is 42.6 Å². The van der Waals surface area contributed by atoms with E-state index in [9.17, 15) is 0 Å². The Kier molecular flexibility index (Phi) is 4.94. The molecular formula is C21H22ClN3O2. The maximum absolute atomic E-state index is 6.38. The van der Waals surface area contributed by atoms with Crippen LogP contribution in [-0.4, -0.2) is 18.2 Å². The maximum Gasteiger partial charge on any atom is 0.144 e. The third-order valence-electron chi connectivity index (χ3n) is 4.56. The Balaban J connectivity index is 1.59. The van der Waals surface area contributed by atoms with Gasteiger partial charge in [0, 0.05) is 29.0 Å². The fourth-order valence-corrected chi connectivity index (χ4v) is 3.16. The number of aromatic nitrogens is 1. The summed E-state index contributed by atoms with van der Waals surface area (Å²) in [5.74, 6) is 2.06. The summed E-state index contributed by atoms with van der Waals surface area (Å²) in [5.41, 5.74) is 9.30. The average Bonchev–Trinajstić information content (AvgIpc) is 3.47. The Morgan fingerprint density at radius 1 is 1.15 bits per heavy atom.